The van der Waals surface area contributed by atoms with Crippen molar-refractivity contribution in [2.45, 2.75) is 12.3 Å². The predicted molar refractivity (Wildman–Crippen MR) is 65.8 cm³/mol. The Balaban J connectivity index is 2.42. The zero-order chi connectivity index (χ0) is 13.1. The Labute approximate surface area is 105 Å². The molecule has 0 aliphatic rings. The molecular weight excluding hydrogens is 237 g/mol. The van der Waals surface area contributed by atoms with Crippen molar-refractivity contribution in [1.29, 1.82) is 0 Å². The fourth-order valence-electron chi connectivity index (χ4n) is 1.98. The molecular formula is C13H16FNO3. The highest BCUT2D eigenvalue weighted by atomic mass is 19.1. The Morgan fingerprint density at radius 3 is 2.56 bits per heavy atom. The Kier molecular flexibility index (Phi) is 3.96. The van der Waals surface area contributed by atoms with Crippen molar-refractivity contribution < 1.29 is 18.3 Å². The monoisotopic (exact) mass is 253 g/mol. The Morgan fingerprint density at radius 2 is 2.00 bits per heavy atom. The van der Waals surface area contributed by atoms with Gasteiger partial charge in [-0.2, -0.15) is 0 Å². The van der Waals surface area contributed by atoms with Crippen molar-refractivity contribution in [2.24, 2.45) is 0 Å². The average Bonchev–Trinajstić information content (AvgIpc) is 2.80. The zero-order valence-electron chi connectivity index (χ0n) is 10.6. The van der Waals surface area contributed by atoms with Crippen LogP contribution in [-0.2, 0) is 9.47 Å². The molecule has 1 N–H and O–H groups in total. The summed E-state index contributed by atoms with van der Waals surface area (Å²) in [6, 6.07) is 6.30. The molecule has 2 aromatic rings. The second-order valence-electron chi connectivity index (χ2n) is 3.91. The minimum atomic E-state index is -0.501. The van der Waals surface area contributed by atoms with Crippen LogP contribution in [0.25, 0.3) is 11.0 Å². The van der Waals surface area contributed by atoms with Crippen molar-refractivity contribution in [3.05, 3.63) is 35.8 Å². The number of benzene rings is 1. The van der Waals surface area contributed by atoms with Crippen LogP contribution >= 0.6 is 0 Å². The summed E-state index contributed by atoms with van der Waals surface area (Å²) in [5.74, 6) is 0.200. The van der Waals surface area contributed by atoms with Crippen LogP contribution in [0.4, 0.5) is 4.39 Å². The van der Waals surface area contributed by atoms with Crippen molar-refractivity contribution in [1.82, 2.24) is 5.32 Å². The van der Waals surface area contributed by atoms with Gasteiger partial charge in [0.25, 0.3) is 0 Å². The van der Waals surface area contributed by atoms with Gasteiger partial charge in [-0.3, -0.25) is 0 Å². The van der Waals surface area contributed by atoms with E-state index >= 15 is 0 Å². The van der Waals surface area contributed by atoms with E-state index in [1.165, 1.54) is 6.07 Å². The molecule has 0 saturated heterocycles. The van der Waals surface area contributed by atoms with Crippen molar-refractivity contribution in [2.75, 3.05) is 21.3 Å². The Morgan fingerprint density at radius 1 is 1.28 bits per heavy atom. The third-order valence-electron chi connectivity index (χ3n) is 2.87. The lowest BCUT2D eigenvalue weighted by Gasteiger charge is -2.22. The number of halogens is 1. The molecule has 0 aliphatic heterocycles. The van der Waals surface area contributed by atoms with E-state index in [0.29, 0.717) is 5.76 Å². The summed E-state index contributed by atoms with van der Waals surface area (Å²) in [5, 5.41) is 3.75. The molecule has 0 fully saturated rings. The first-order valence-electron chi connectivity index (χ1n) is 5.62. The maximum Gasteiger partial charge on any atom is 0.179 e. The normalized spacial score (nSPS) is 13.4. The van der Waals surface area contributed by atoms with Gasteiger partial charge in [-0.15, -0.1) is 0 Å². The molecule has 0 radical (unpaired) electrons. The van der Waals surface area contributed by atoms with Gasteiger partial charge in [0, 0.05) is 19.6 Å². The molecule has 1 heterocycles. The fourth-order valence-corrected chi connectivity index (χ4v) is 1.98. The van der Waals surface area contributed by atoms with Crippen LogP contribution in [-0.4, -0.2) is 27.6 Å². The largest absolute Gasteiger partial charge is 0.456 e. The second kappa shape index (κ2) is 5.48. The maximum atomic E-state index is 13.6. The van der Waals surface area contributed by atoms with E-state index in [9.17, 15) is 4.39 Å². The van der Waals surface area contributed by atoms with Crippen molar-refractivity contribution in [3.63, 3.8) is 0 Å². The molecule has 4 nitrogen and oxygen atoms in total. The summed E-state index contributed by atoms with van der Waals surface area (Å²) in [6.45, 7) is 0. The standard InChI is InChI=1S/C13H16FNO3/c1-15-11(13(16-2)17-3)10-7-8-5-4-6-9(14)12(8)18-10/h4-7,11,13,15H,1-3H3. The van der Waals surface area contributed by atoms with Gasteiger partial charge in [-0.1, -0.05) is 12.1 Å². The SMILES string of the molecule is CNC(c1cc2cccc(F)c2o1)C(OC)OC. The van der Waals surface area contributed by atoms with E-state index in [1.54, 1.807) is 39.5 Å². The average molecular weight is 253 g/mol. The first kappa shape index (κ1) is 13.0. The molecule has 0 bridgehead atoms. The first-order valence-corrected chi connectivity index (χ1v) is 5.62. The van der Waals surface area contributed by atoms with E-state index in [0.717, 1.165) is 5.39 Å². The van der Waals surface area contributed by atoms with E-state index in [2.05, 4.69) is 5.32 Å². The van der Waals surface area contributed by atoms with Crippen LogP contribution in [0.3, 0.4) is 0 Å². The molecule has 1 atom stereocenters. The van der Waals surface area contributed by atoms with E-state index in [4.69, 9.17) is 13.9 Å². The van der Waals surface area contributed by atoms with Gasteiger partial charge in [0.2, 0.25) is 0 Å². The molecule has 1 aromatic heterocycles. The summed E-state index contributed by atoms with van der Waals surface area (Å²) in [7, 11) is 4.85. The molecule has 18 heavy (non-hydrogen) atoms. The summed E-state index contributed by atoms with van der Waals surface area (Å²) in [5.41, 5.74) is 0.249. The summed E-state index contributed by atoms with van der Waals surface area (Å²) in [6.07, 6.45) is -0.501. The molecule has 1 unspecified atom stereocenters. The highest BCUT2D eigenvalue weighted by Crippen LogP contribution is 2.28. The van der Waals surface area contributed by atoms with E-state index < -0.39 is 6.29 Å². The number of ether oxygens (including phenoxy) is 2. The van der Waals surface area contributed by atoms with E-state index in [1.807, 2.05) is 0 Å². The van der Waals surface area contributed by atoms with Crippen LogP contribution in [0.15, 0.2) is 28.7 Å². The predicted octanol–water partition coefficient (Wildman–Crippen LogP) is 2.45. The molecule has 1 aromatic carbocycles. The Bertz CT molecular complexity index is 522. The van der Waals surface area contributed by atoms with Crippen molar-refractivity contribution >= 4 is 11.0 Å². The third kappa shape index (κ3) is 2.25. The molecule has 0 aliphatic carbocycles. The number of rotatable bonds is 5. The minimum Gasteiger partial charge on any atom is -0.456 e. The lowest BCUT2D eigenvalue weighted by Crippen LogP contribution is -2.32. The van der Waals surface area contributed by atoms with Crippen molar-refractivity contribution in [3.8, 4) is 0 Å². The third-order valence-corrected chi connectivity index (χ3v) is 2.87. The lowest BCUT2D eigenvalue weighted by molar-refractivity contribution is -0.126. The highest BCUT2D eigenvalue weighted by molar-refractivity contribution is 5.78. The van der Waals surface area contributed by atoms with Crippen LogP contribution in [0.2, 0.25) is 0 Å². The number of methoxy groups -OCH3 is 2. The molecule has 5 heteroatoms. The number of para-hydroxylation sites is 1. The van der Waals surface area contributed by atoms with Gasteiger partial charge in [-0.25, -0.2) is 4.39 Å². The molecule has 0 amide bonds. The number of hydrogen-bond donors (Lipinski definition) is 1. The molecule has 2 rings (SSSR count). The first-order chi connectivity index (χ1) is 8.71. The lowest BCUT2D eigenvalue weighted by atomic mass is 10.2. The van der Waals surface area contributed by atoms with Gasteiger partial charge >= 0.3 is 0 Å². The summed E-state index contributed by atoms with van der Waals surface area (Å²) >= 11 is 0. The summed E-state index contributed by atoms with van der Waals surface area (Å²) < 4.78 is 29.5. The van der Waals surface area contributed by atoms with Gasteiger partial charge in [0.1, 0.15) is 11.8 Å². The van der Waals surface area contributed by atoms with Crippen LogP contribution in [0.1, 0.15) is 11.8 Å². The minimum absolute atomic E-state index is 0.249. The topological polar surface area (TPSA) is 43.6 Å². The van der Waals surface area contributed by atoms with Crippen LogP contribution < -0.4 is 5.32 Å². The maximum absolute atomic E-state index is 13.6. The number of furan rings is 1. The van der Waals surface area contributed by atoms with E-state index in [-0.39, 0.29) is 17.4 Å². The molecule has 0 saturated carbocycles. The van der Waals surface area contributed by atoms with Gasteiger partial charge < -0.3 is 19.2 Å². The Hall–Kier alpha value is -1.43. The fraction of sp³-hybridized carbons (Fsp3) is 0.385. The quantitative estimate of drug-likeness (QED) is 0.831. The zero-order valence-corrected chi connectivity index (χ0v) is 10.6. The molecule has 0 spiro atoms. The van der Waals surface area contributed by atoms with Gasteiger partial charge in [0.15, 0.2) is 17.7 Å². The summed E-state index contributed by atoms with van der Waals surface area (Å²) in [4.78, 5) is 0. The number of nitrogens with one attached hydrogen (secondary N) is 1. The van der Waals surface area contributed by atoms with Crippen LogP contribution in [0.5, 0.6) is 0 Å². The molecule has 98 valence electrons. The van der Waals surface area contributed by atoms with Crippen LogP contribution in [0, 0.1) is 5.82 Å². The second-order valence-corrected chi connectivity index (χ2v) is 3.91. The number of hydrogen-bond acceptors (Lipinski definition) is 4. The smallest absolute Gasteiger partial charge is 0.179 e. The highest BCUT2D eigenvalue weighted by Gasteiger charge is 2.25. The van der Waals surface area contributed by atoms with Gasteiger partial charge in [-0.05, 0) is 19.2 Å². The number of likely N-dealkylation sites (N-methyl/N-ethyl adjacent to an activating group) is 1. The number of fused-ring (bicyclic) bond motifs is 1. The van der Waals surface area contributed by atoms with Gasteiger partial charge in [0.05, 0.1) is 0 Å².